The highest BCUT2D eigenvalue weighted by atomic mass is 15.1. The number of rotatable bonds is 7. The van der Waals surface area contributed by atoms with E-state index in [1.807, 2.05) is 0 Å². The zero-order valence-electron chi connectivity index (χ0n) is 33.6. The lowest BCUT2D eigenvalue weighted by Crippen LogP contribution is -2.28. The number of hydrogen-bond donors (Lipinski definition) is 0. The maximum absolute atomic E-state index is 2.44. The van der Waals surface area contributed by atoms with Gasteiger partial charge in [0, 0.05) is 17.1 Å². The van der Waals surface area contributed by atoms with Gasteiger partial charge in [-0.25, -0.2) is 0 Å². The van der Waals surface area contributed by atoms with E-state index in [2.05, 4.69) is 254 Å². The Balaban J connectivity index is 1.07. The molecule has 0 atom stereocenters. The van der Waals surface area contributed by atoms with Crippen LogP contribution < -0.4 is 4.90 Å². The van der Waals surface area contributed by atoms with E-state index in [9.17, 15) is 0 Å². The van der Waals surface area contributed by atoms with E-state index in [4.69, 9.17) is 0 Å². The Labute approximate surface area is 357 Å². The molecule has 0 aliphatic heterocycles. The van der Waals surface area contributed by atoms with Gasteiger partial charge in [-0.15, -0.1) is 0 Å². The molecule has 12 rings (SSSR count). The summed E-state index contributed by atoms with van der Waals surface area (Å²) in [5.74, 6) is 0. The Kier molecular flexibility index (Phi) is 8.05. The Morgan fingerprint density at radius 3 is 1.11 bits per heavy atom. The van der Waals surface area contributed by atoms with E-state index in [1.54, 1.807) is 0 Å². The van der Waals surface area contributed by atoms with Crippen molar-refractivity contribution in [3.8, 4) is 22.3 Å². The second-order valence-corrected chi connectivity index (χ2v) is 16.4. The fourth-order valence-corrected chi connectivity index (χ4v) is 10.9. The molecular weight excluding hydrogens is 735 g/mol. The third-order valence-corrected chi connectivity index (χ3v) is 13.4. The lowest BCUT2D eigenvalue weighted by molar-refractivity contribution is 0.768. The van der Waals surface area contributed by atoms with Crippen LogP contribution in [0.15, 0.2) is 249 Å². The molecule has 2 aliphatic rings. The molecule has 1 nitrogen and oxygen atoms in total. The summed E-state index contributed by atoms with van der Waals surface area (Å²) in [6.07, 6.45) is 0. The average Bonchev–Trinajstić information content (AvgIpc) is 3.81. The molecule has 0 fully saturated rings. The summed E-state index contributed by atoms with van der Waals surface area (Å²) in [6.45, 7) is 0. The molecule has 0 heterocycles. The van der Waals surface area contributed by atoms with Gasteiger partial charge in [0.15, 0.2) is 0 Å². The molecule has 0 saturated heterocycles. The van der Waals surface area contributed by atoms with Crippen molar-refractivity contribution in [1.29, 1.82) is 0 Å². The molecule has 0 bridgehead atoms. The van der Waals surface area contributed by atoms with Crippen molar-refractivity contribution in [3.63, 3.8) is 0 Å². The third kappa shape index (κ3) is 5.14. The van der Waals surface area contributed by atoms with Gasteiger partial charge in [-0.1, -0.05) is 212 Å². The zero-order chi connectivity index (χ0) is 40.4. The minimum atomic E-state index is -0.462. The molecule has 0 unspecified atom stereocenters. The van der Waals surface area contributed by atoms with Crippen molar-refractivity contribution in [2.45, 2.75) is 10.8 Å². The summed E-state index contributed by atoms with van der Waals surface area (Å²) in [5, 5.41) is 2.44. The molecule has 0 spiro atoms. The van der Waals surface area contributed by atoms with Crippen molar-refractivity contribution < 1.29 is 0 Å². The standard InChI is InChI=1S/C60H41N/c1-4-20-44(21-5-1)59(45-22-6-2-7-23-45)57-31-17-14-28-53(57)54-41-50(38-39-58(54)59)61(49-35-32-42-18-10-11-19-43(42)40-49)48-36-33-47(34-37-48)60(46-24-8-3-9-25-46)55-29-15-12-26-51(55)52-27-13-16-30-56(52)60/h1-41H. The molecule has 0 aromatic heterocycles. The maximum atomic E-state index is 2.44. The summed E-state index contributed by atoms with van der Waals surface area (Å²) in [5.41, 5.74) is 17.8. The molecule has 61 heavy (non-hydrogen) atoms. The van der Waals surface area contributed by atoms with Crippen LogP contribution in [0.5, 0.6) is 0 Å². The van der Waals surface area contributed by atoms with E-state index < -0.39 is 10.8 Å². The highest BCUT2D eigenvalue weighted by molar-refractivity contribution is 5.93. The number of hydrogen-bond acceptors (Lipinski definition) is 1. The Hall–Kier alpha value is -7.74. The van der Waals surface area contributed by atoms with Gasteiger partial charge in [0.25, 0.3) is 0 Å². The summed E-state index contributed by atoms with van der Waals surface area (Å²) < 4.78 is 0. The number of nitrogens with zero attached hydrogens (tertiary/aromatic N) is 1. The van der Waals surface area contributed by atoms with Gasteiger partial charge in [-0.05, 0) is 114 Å². The second-order valence-electron chi connectivity index (χ2n) is 16.4. The van der Waals surface area contributed by atoms with Crippen LogP contribution in [0.25, 0.3) is 33.0 Å². The quantitative estimate of drug-likeness (QED) is 0.156. The highest BCUT2D eigenvalue weighted by Gasteiger charge is 2.47. The SMILES string of the molecule is c1ccc(C2(c3ccc(N(c4ccc5c(c4)-c4ccccc4C5(c4ccccc4)c4ccccc4)c4ccc5ccccc5c4)cc3)c3ccccc3-c3ccccc32)cc1. The lowest BCUT2D eigenvalue weighted by atomic mass is 9.67. The first-order chi connectivity index (χ1) is 30.3. The van der Waals surface area contributed by atoms with Crippen molar-refractivity contribution in [2.75, 3.05) is 4.90 Å². The number of fused-ring (bicyclic) bond motifs is 7. The predicted molar refractivity (Wildman–Crippen MR) is 253 cm³/mol. The van der Waals surface area contributed by atoms with Crippen molar-refractivity contribution in [3.05, 3.63) is 293 Å². The molecule has 0 amide bonds. The fraction of sp³-hybridized carbons (Fsp3) is 0.0333. The van der Waals surface area contributed by atoms with E-state index >= 15 is 0 Å². The molecule has 10 aromatic carbocycles. The first-order valence-electron chi connectivity index (χ1n) is 21.3. The minimum Gasteiger partial charge on any atom is -0.310 e. The molecule has 0 radical (unpaired) electrons. The minimum absolute atomic E-state index is 0.456. The van der Waals surface area contributed by atoms with Gasteiger partial charge in [0.1, 0.15) is 0 Å². The van der Waals surface area contributed by atoms with E-state index in [-0.39, 0.29) is 0 Å². The van der Waals surface area contributed by atoms with E-state index in [0.29, 0.717) is 0 Å². The summed E-state index contributed by atoms with van der Waals surface area (Å²) in [7, 11) is 0. The number of anilines is 3. The van der Waals surface area contributed by atoms with Crippen LogP contribution in [0, 0.1) is 0 Å². The van der Waals surface area contributed by atoms with Gasteiger partial charge in [0.2, 0.25) is 0 Å². The third-order valence-electron chi connectivity index (χ3n) is 13.4. The van der Waals surface area contributed by atoms with Gasteiger partial charge < -0.3 is 4.90 Å². The van der Waals surface area contributed by atoms with Crippen molar-refractivity contribution >= 4 is 27.8 Å². The summed E-state index contributed by atoms with van der Waals surface area (Å²) >= 11 is 0. The van der Waals surface area contributed by atoms with Gasteiger partial charge in [-0.2, -0.15) is 0 Å². The number of benzene rings is 10. The van der Waals surface area contributed by atoms with Crippen LogP contribution in [0.2, 0.25) is 0 Å². The topological polar surface area (TPSA) is 3.24 Å². The maximum Gasteiger partial charge on any atom is 0.0713 e. The molecule has 0 N–H and O–H groups in total. The first kappa shape index (κ1) is 35.2. The van der Waals surface area contributed by atoms with Gasteiger partial charge in [0.05, 0.1) is 10.8 Å². The van der Waals surface area contributed by atoms with Crippen LogP contribution in [-0.2, 0) is 10.8 Å². The second kappa shape index (κ2) is 13.9. The molecular formula is C60H41N. The zero-order valence-corrected chi connectivity index (χ0v) is 33.6. The monoisotopic (exact) mass is 775 g/mol. The Bertz CT molecular complexity index is 3150. The van der Waals surface area contributed by atoms with Crippen LogP contribution in [-0.4, -0.2) is 0 Å². The van der Waals surface area contributed by atoms with Gasteiger partial charge in [-0.3, -0.25) is 0 Å². The molecule has 286 valence electrons. The van der Waals surface area contributed by atoms with Crippen molar-refractivity contribution in [1.82, 2.24) is 0 Å². The van der Waals surface area contributed by atoms with Gasteiger partial charge >= 0.3 is 0 Å². The molecule has 0 saturated carbocycles. The normalized spacial score (nSPS) is 13.8. The predicted octanol–water partition coefficient (Wildman–Crippen LogP) is 15.0. The van der Waals surface area contributed by atoms with Crippen molar-refractivity contribution in [2.24, 2.45) is 0 Å². The van der Waals surface area contributed by atoms with E-state index in [0.717, 1.165) is 17.1 Å². The first-order valence-corrected chi connectivity index (χ1v) is 21.3. The van der Waals surface area contributed by atoms with E-state index in [1.165, 1.54) is 77.5 Å². The molecule has 10 aromatic rings. The fourth-order valence-electron chi connectivity index (χ4n) is 10.9. The summed E-state index contributed by atoms with van der Waals surface area (Å²) in [4.78, 5) is 2.44. The highest BCUT2D eigenvalue weighted by Crippen LogP contribution is 2.58. The van der Waals surface area contributed by atoms with Crippen LogP contribution in [0.4, 0.5) is 17.1 Å². The van der Waals surface area contributed by atoms with Crippen LogP contribution in [0.1, 0.15) is 44.5 Å². The average molecular weight is 776 g/mol. The summed E-state index contributed by atoms with van der Waals surface area (Å²) in [6, 6.07) is 92.1. The lowest BCUT2D eigenvalue weighted by Gasteiger charge is -2.35. The van der Waals surface area contributed by atoms with Crippen LogP contribution in [0.3, 0.4) is 0 Å². The smallest absolute Gasteiger partial charge is 0.0713 e. The van der Waals surface area contributed by atoms with Crippen LogP contribution >= 0.6 is 0 Å². The largest absolute Gasteiger partial charge is 0.310 e. The Morgan fingerprint density at radius 1 is 0.230 bits per heavy atom. The Morgan fingerprint density at radius 2 is 0.590 bits per heavy atom. The molecule has 2 aliphatic carbocycles. The molecule has 1 heteroatoms.